The molecule has 42 heavy (non-hydrogen) atoms. The molecule has 6 rings (SSSR count). The Balaban J connectivity index is 1.27. The summed E-state index contributed by atoms with van der Waals surface area (Å²) in [6.07, 6.45) is 7.88. The Labute approximate surface area is 251 Å². The van der Waals surface area contributed by atoms with E-state index >= 15 is 0 Å². The number of likely N-dealkylation sites (tertiary alicyclic amines) is 1. The first-order valence-corrected chi connectivity index (χ1v) is 15.4. The minimum absolute atomic E-state index is 0.0521. The Bertz CT molecular complexity index is 1360. The van der Waals surface area contributed by atoms with Crippen molar-refractivity contribution < 1.29 is 23.9 Å². The van der Waals surface area contributed by atoms with Gasteiger partial charge in [-0.2, -0.15) is 0 Å². The first kappa shape index (κ1) is 28.7. The van der Waals surface area contributed by atoms with Crippen molar-refractivity contribution >= 4 is 35.0 Å². The van der Waals surface area contributed by atoms with E-state index in [-0.39, 0.29) is 23.8 Å². The smallest absolute Gasteiger partial charge is 0.246 e. The molecule has 8 nitrogen and oxygen atoms in total. The summed E-state index contributed by atoms with van der Waals surface area (Å²) in [5.74, 6) is -1.20. The van der Waals surface area contributed by atoms with Gasteiger partial charge in [-0.05, 0) is 74.1 Å². The van der Waals surface area contributed by atoms with Crippen molar-refractivity contribution in [3.05, 3.63) is 71.3 Å². The van der Waals surface area contributed by atoms with Crippen LogP contribution in [0.2, 0.25) is 5.02 Å². The van der Waals surface area contributed by atoms with Gasteiger partial charge in [0.05, 0.1) is 24.5 Å². The van der Waals surface area contributed by atoms with Gasteiger partial charge in [-0.15, -0.1) is 0 Å². The maximum absolute atomic E-state index is 14.2. The van der Waals surface area contributed by atoms with Crippen molar-refractivity contribution in [3.63, 3.8) is 0 Å². The molecule has 2 aromatic rings. The third kappa shape index (κ3) is 5.20. The second-order valence-corrected chi connectivity index (χ2v) is 12.4. The minimum atomic E-state index is -1.19. The Morgan fingerprint density at radius 2 is 1.81 bits per heavy atom. The van der Waals surface area contributed by atoms with E-state index in [0.717, 1.165) is 31.2 Å². The molecule has 3 fully saturated rings. The number of carbonyl (C=O) groups excluding carboxylic acids is 3. The summed E-state index contributed by atoms with van der Waals surface area (Å²) in [4.78, 5) is 43.7. The molecule has 3 amide bonds. The number of carbonyl (C=O) groups is 3. The molecule has 222 valence electrons. The van der Waals surface area contributed by atoms with Crippen molar-refractivity contribution in [1.82, 2.24) is 10.2 Å². The lowest BCUT2D eigenvalue weighted by Crippen LogP contribution is -2.57. The van der Waals surface area contributed by atoms with Gasteiger partial charge in [-0.3, -0.25) is 14.4 Å². The molecule has 9 heteroatoms. The largest absolute Gasteiger partial charge is 0.494 e. The Hall–Kier alpha value is -3.36. The zero-order valence-corrected chi connectivity index (χ0v) is 24.8. The fraction of sp³-hybridized carbons (Fsp3) is 0.485. The summed E-state index contributed by atoms with van der Waals surface area (Å²) in [5, 5.41) is 6.89. The summed E-state index contributed by atoms with van der Waals surface area (Å²) in [6, 6.07) is 13.8. The topological polar surface area (TPSA) is 97.0 Å². The summed E-state index contributed by atoms with van der Waals surface area (Å²) in [6.45, 7) is 4.96. The first-order valence-electron chi connectivity index (χ1n) is 15.1. The van der Waals surface area contributed by atoms with E-state index in [1.54, 1.807) is 29.2 Å². The number of anilines is 1. The van der Waals surface area contributed by atoms with Crippen LogP contribution in [0.1, 0.15) is 45.1 Å². The van der Waals surface area contributed by atoms with Crippen LogP contribution >= 0.6 is 11.6 Å². The Morgan fingerprint density at radius 1 is 1.07 bits per heavy atom. The van der Waals surface area contributed by atoms with E-state index in [0.29, 0.717) is 41.9 Å². The predicted octanol–water partition coefficient (Wildman–Crippen LogP) is 4.77. The number of nitrogens with one attached hydrogen (secondary N) is 2. The maximum Gasteiger partial charge on any atom is 0.246 e. The van der Waals surface area contributed by atoms with E-state index in [2.05, 4.69) is 17.6 Å². The monoisotopic (exact) mass is 591 g/mol. The molecule has 1 aliphatic carbocycles. The quantitative estimate of drug-likeness (QED) is 0.410. The van der Waals surface area contributed by atoms with Crippen LogP contribution in [-0.2, 0) is 25.5 Å². The van der Waals surface area contributed by atoms with Crippen LogP contribution in [0.15, 0.2) is 60.7 Å². The van der Waals surface area contributed by atoms with Gasteiger partial charge in [-0.25, -0.2) is 0 Å². The summed E-state index contributed by atoms with van der Waals surface area (Å²) in [7, 11) is 0. The SMILES string of the molecule is CCOc1ccc(NC(=O)[C@H]2[C@H]3C=C[C@@]4(O3)[C@H]2C(=O)N(CCc2ccc(Cl)cc2)[C@@H]4C(=O)N[C@H]2CCCC[C@@H]2C)cc1. The van der Waals surface area contributed by atoms with Crippen molar-refractivity contribution in [1.29, 1.82) is 0 Å². The Morgan fingerprint density at radius 3 is 2.52 bits per heavy atom. The lowest BCUT2D eigenvalue weighted by molar-refractivity contribution is -0.141. The summed E-state index contributed by atoms with van der Waals surface area (Å²) < 4.78 is 12.0. The molecular formula is C33H38ClN3O5. The first-order chi connectivity index (χ1) is 20.3. The molecule has 4 aliphatic rings. The van der Waals surface area contributed by atoms with E-state index in [1.165, 1.54) is 0 Å². The van der Waals surface area contributed by atoms with E-state index in [9.17, 15) is 14.4 Å². The van der Waals surface area contributed by atoms with Crippen LogP contribution < -0.4 is 15.4 Å². The average Bonchev–Trinajstić information content (AvgIpc) is 3.62. The molecule has 1 saturated carbocycles. The zero-order valence-electron chi connectivity index (χ0n) is 24.1. The van der Waals surface area contributed by atoms with Gasteiger partial charge in [0.25, 0.3) is 0 Å². The Kier molecular flexibility index (Phi) is 8.03. The number of hydrogen-bond donors (Lipinski definition) is 2. The van der Waals surface area contributed by atoms with Crippen molar-refractivity contribution in [3.8, 4) is 5.75 Å². The number of amides is 3. The number of fused-ring (bicyclic) bond motifs is 1. The minimum Gasteiger partial charge on any atom is -0.494 e. The number of ether oxygens (including phenoxy) is 2. The standard InChI is InChI=1S/C33H38ClN3O5/c1-3-41-24-14-12-23(13-15-24)35-30(38)27-26-16-18-33(42-26)28(27)32(40)37(19-17-21-8-10-22(34)11-9-21)29(33)31(39)36-25-7-5-4-6-20(25)2/h8-16,18,20,25-29H,3-7,17,19H2,1-2H3,(H,35,38)(H,36,39)/t20-,25-,26+,27-,28+,29+,33+/m0/s1. The normalized spacial score (nSPS) is 31.2. The molecule has 2 aromatic carbocycles. The molecule has 0 unspecified atom stereocenters. The molecule has 0 aromatic heterocycles. The van der Waals surface area contributed by atoms with Gasteiger partial charge >= 0.3 is 0 Å². The molecule has 2 bridgehead atoms. The van der Waals surface area contributed by atoms with E-state index < -0.39 is 29.6 Å². The van der Waals surface area contributed by atoms with Gasteiger partial charge in [-0.1, -0.05) is 55.7 Å². The highest BCUT2D eigenvalue weighted by atomic mass is 35.5. The van der Waals surface area contributed by atoms with Crippen LogP contribution in [-0.4, -0.2) is 59.6 Å². The maximum atomic E-state index is 14.2. The number of rotatable bonds is 9. The zero-order chi connectivity index (χ0) is 29.4. The van der Waals surface area contributed by atoms with E-state index in [1.807, 2.05) is 43.3 Å². The average molecular weight is 592 g/mol. The number of nitrogens with zero attached hydrogens (tertiary/aromatic N) is 1. The molecule has 3 heterocycles. The van der Waals surface area contributed by atoms with E-state index in [4.69, 9.17) is 21.1 Å². The number of hydrogen-bond acceptors (Lipinski definition) is 5. The summed E-state index contributed by atoms with van der Waals surface area (Å²) >= 11 is 6.08. The predicted molar refractivity (Wildman–Crippen MR) is 160 cm³/mol. The van der Waals surface area contributed by atoms with Gasteiger partial charge in [0.15, 0.2) is 0 Å². The van der Waals surface area contributed by atoms with Crippen molar-refractivity contribution in [2.45, 2.75) is 69.7 Å². The lowest BCUT2D eigenvalue weighted by atomic mass is 9.74. The highest BCUT2D eigenvalue weighted by Gasteiger charge is 2.72. The summed E-state index contributed by atoms with van der Waals surface area (Å²) in [5.41, 5.74) is 0.423. The van der Waals surface area contributed by atoms with Crippen molar-refractivity contribution in [2.24, 2.45) is 17.8 Å². The third-order valence-corrected chi connectivity index (χ3v) is 9.60. The van der Waals surface area contributed by atoms with Crippen LogP contribution in [0, 0.1) is 17.8 Å². The van der Waals surface area contributed by atoms with Crippen LogP contribution in [0.5, 0.6) is 5.75 Å². The highest BCUT2D eigenvalue weighted by Crippen LogP contribution is 2.55. The fourth-order valence-electron chi connectivity index (χ4n) is 7.23. The highest BCUT2D eigenvalue weighted by molar-refractivity contribution is 6.30. The second-order valence-electron chi connectivity index (χ2n) is 11.9. The molecule has 2 N–H and O–H groups in total. The van der Waals surface area contributed by atoms with Gasteiger partial charge in [0.2, 0.25) is 17.7 Å². The molecule has 7 atom stereocenters. The van der Waals surface area contributed by atoms with Crippen LogP contribution in [0.3, 0.4) is 0 Å². The lowest BCUT2D eigenvalue weighted by Gasteiger charge is -2.36. The van der Waals surface area contributed by atoms with Gasteiger partial charge in [0, 0.05) is 23.3 Å². The second kappa shape index (κ2) is 11.7. The molecule has 0 radical (unpaired) electrons. The van der Waals surface area contributed by atoms with Crippen LogP contribution in [0.25, 0.3) is 0 Å². The van der Waals surface area contributed by atoms with Crippen molar-refractivity contribution in [2.75, 3.05) is 18.5 Å². The van der Waals surface area contributed by atoms with Crippen LogP contribution in [0.4, 0.5) is 5.69 Å². The molecule has 2 saturated heterocycles. The fourth-order valence-corrected chi connectivity index (χ4v) is 7.35. The van der Waals surface area contributed by atoms with Gasteiger partial charge < -0.3 is 25.0 Å². The molecular weight excluding hydrogens is 554 g/mol. The number of halogens is 1. The van der Waals surface area contributed by atoms with Gasteiger partial charge in [0.1, 0.15) is 17.4 Å². The molecule has 1 spiro atoms. The third-order valence-electron chi connectivity index (χ3n) is 9.35. The number of benzene rings is 2. The molecule has 3 aliphatic heterocycles.